The Bertz CT molecular complexity index is 571. The molecule has 1 heterocycles. The van der Waals surface area contributed by atoms with Crippen LogP contribution in [0.15, 0.2) is 54.6 Å². The Hall–Kier alpha value is -1.64. The predicted molar refractivity (Wildman–Crippen MR) is 94.1 cm³/mol. The molecule has 0 amide bonds. The number of hydrogen-bond acceptors (Lipinski definition) is 2. The van der Waals surface area contributed by atoms with Gasteiger partial charge in [-0.05, 0) is 43.1 Å². The van der Waals surface area contributed by atoms with E-state index in [0.717, 1.165) is 6.42 Å². The molecule has 1 aliphatic rings. The molecule has 0 bridgehead atoms. The predicted octanol–water partition coefficient (Wildman–Crippen LogP) is 3.53. The molecule has 0 saturated carbocycles. The van der Waals surface area contributed by atoms with E-state index in [2.05, 4.69) is 71.4 Å². The fourth-order valence-corrected chi connectivity index (χ4v) is 3.20. The second kappa shape index (κ2) is 7.57. The fraction of sp³-hybridized carbons (Fsp3) is 0.400. The van der Waals surface area contributed by atoms with Gasteiger partial charge in [0.25, 0.3) is 0 Å². The summed E-state index contributed by atoms with van der Waals surface area (Å²) in [6.45, 7) is 6.08. The van der Waals surface area contributed by atoms with Crippen molar-refractivity contribution in [3.63, 3.8) is 0 Å². The smallest absolute Gasteiger partial charge is 0.0110 e. The van der Waals surface area contributed by atoms with Crippen LogP contribution in [0.25, 0.3) is 11.1 Å². The minimum absolute atomic E-state index is 1.16. The van der Waals surface area contributed by atoms with Gasteiger partial charge in [0.1, 0.15) is 0 Å². The second-order valence-corrected chi connectivity index (χ2v) is 6.27. The summed E-state index contributed by atoms with van der Waals surface area (Å²) < 4.78 is 0. The Balaban J connectivity index is 1.59. The van der Waals surface area contributed by atoms with Gasteiger partial charge in [0.15, 0.2) is 0 Å². The summed E-state index contributed by atoms with van der Waals surface area (Å²) in [5.41, 5.74) is 4.20. The Morgan fingerprint density at radius 1 is 0.818 bits per heavy atom. The van der Waals surface area contributed by atoms with Crippen molar-refractivity contribution in [2.24, 2.45) is 0 Å². The maximum Gasteiger partial charge on any atom is 0.0110 e. The van der Waals surface area contributed by atoms with E-state index < -0.39 is 0 Å². The van der Waals surface area contributed by atoms with Gasteiger partial charge in [-0.1, -0.05) is 54.6 Å². The summed E-state index contributed by atoms with van der Waals surface area (Å²) in [7, 11) is 2.22. The van der Waals surface area contributed by atoms with Crippen LogP contribution in [0.2, 0.25) is 0 Å². The highest BCUT2D eigenvalue weighted by molar-refractivity contribution is 5.67. The van der Waals surface area contributed by atoms with Crippen molar-refractivity contribution in [1.82, 2.24) is 9.80 Å². The van der Waals surface area contributed by atoms with E-state index in [-0.39, 0.29) is 0 Å². The molecular weight excluding hydrogens is 268 g/mol. The molecule has 2 aromatic carbocycles. The Labute approximate surface area is 134 Å². The number of piperazine rings is 1. The standard InChI is InChI=1S/C20H26N2/c1-21-14-16-22(17-15-21)13-7-11-19-10-5-6-12-20(19)18-8-3-2-4-9-18/h2-6,8-10,12H,7,11,13-17H2,1H3. The second-order valence-electron chi connectivity index (χ2n) is 6.27. The molecule has 0 radical (unpaired) electrons. The van der Waals surface area contributed by atoms with E-state index in [1.165, 1.54) is 55.8 Å². The molecule has 1 fully saturated rings. The highest BCUT2D eigenvalue weighted by atomic mass is 15.2. The molecule has 1 aliphatic heterocycles. The summed E-state index contributed by atoms with van der Waals surface area (Å²) >= 11 is 0. The van der Waals surface area contributed by atoms with Crippen LogP contribution in [0, 0.1) is 0 Å². The van der Waals surface area contributed by atoms with Gasteiger partial charge in [0.05, 0.1) is 0 Å². The minimum Gasteiger partial charge on any atom is -0.304 e. The third-order valence-electron chi connectivity index (χ3n) is 4.62. The molecular formula is C20H26N2. The normalized spacial score (nSPS) is 16.8. The van der Waals surface area contributed by atoms with Crippen molar-refractivity contribution >= 4 is 0 Å². The van der Waals surface area contributed by atoms with Crippen LogP contribution in [0.4, 0.5) is 0 Å². The van der Waals surface area contributed by atoms with Crippen LogP contribution in [0.5, 0.6) is 0 Å². The molecule has 2 heteroatoms. The first kappa shape index (κ1) is 15.3. The molecule has 0 N–H and O–H groups in total. The average Bonchev–Trinajstić information content (AvgIpc) is 2.58. The van der Waals surface area contributed by atoms with Crippen molar-refractivity contribution in [1.29, 1.82) is 0 Å². The molecule has 0 aromatic heterocycles. The molecule has 2 aromatic rings. The molecule has 0 unspecified atom stereocenters. The van der Waals surface area contributed by atoms with Crippen molar-refractivity contribution in [2.75, 3.05) is 39.8 Å². The summed E-state index contributed by atoms with van der Waals surface area (Å²) in [4.78, 5) is 5.02. The van der Waals surface area contributed by atoms with Gasteiger partial charge in [-0.15, -0.1) is 0 Å². The number of benzene rings is 2. The number of rotatable bonds is 5. The summed E-state index contributed by atoms with van der Waals surface area (Å²) in [6.07, 6.45) is 2.41. The quantitative estimate of drug-likeness (QED) is 0.832. The zero-order chi connectivity index (χ0) is 15.2. The van der Waals surface area contributed by atoms with Gasteiger partial charge in [0.2, 0.25) is 0 Å². The topological polar surface area (TPSA) is 6.48 Å². The maximum atomic E-state index is 2.60. The van der Waals surface area contributed by atoms with Gasteiger partial charge in [0, 0.05) is 26.2 Å². The molecule has 2 nitrogen and oxygen atoms in total. The van der Waals surface area contributed by atoms with E-state index in [1.807, 2.05) is 0 Å². The van der Waals surface area contributed by atoms with Crippen LogP contribution < -0.4 is 0 Å². The summed E-state index contributed by atoms with van der Waals surface area (Å²) in [5.74, 6) is 0. The maximum absolute atomic E-state index is 2.60. The van der Waals surface area contributed by atoms with Gasteiger partial charge >= 0.3 is 0 Å². The monoisotopic (exact) mass is 294 g/mol. The van der Waals surface area contributed by atoms with Crippen molar-refractivity contribution in [3.05, 3.63) is 60.2 Å². The van der Waals surface area contributed by atoms with E-state index in [4.69, 9.17) is 0 Å². The van der Waals surface area contributed by atoms with Crippen LogP contribution in [-0.2, 0) is 6.42 Å². The first-order valence-electron chi connectivity index (χ1n) is 8.37. The van der Waals surface area contributed by atoms with E-state index in [1.54, 1.807) is 0 Å². The van der Waals surface area contributed by atoms with E-state index in [9.17, 15) is 0 Å². The van der Waals surface area contributed by atoms with Crippen LogP contribution in [-0.4, -0.2) is 49.6 Å². The first-order chi connectivity index (χ1) is 10.8. The van der Waals surface area contributed by atoms with Gasteiger partial charge in [-0.25, -0.2) is 0 Å². The third-order valence-corrected chi connectivity index (χ3v) is 4.62. The highest BCUT2D eigenvalue weighted by Gasteiger charge is 2.13. The number of nitrogens with zero attached hydrogens (tertiary/aromatic N) is 2. The Morgan fingerprint density at radius 2 is 1.50 bits per heavy atom. The largest absolute Gasteiger partial charge is 0.304 e. The van der Waals surface area contributed by atoms with Crippen LogP contribution >= 0.6 is 0 Å². The van der Waals surface area contributed by atoms with Gasteiger partial charge in [-0.3, -0.25) is 0 Å². The van der Waals surface area contributed by atoms with Crippen LogP contribution in [0.3, 0.4) is 0 Å². The van der Waals surface area contributed by atoms with E-state index in [0.29, 0.717) is 0 Å². The average molecular weight is 294 g/mol. The van der Waals surface area contributed by atoms with E-state index >= 15 is 0 Å². The van der Waals surface area contributed by atoms with Crippen molar-refractivity contribution in [2.45, 2.75) is 12.8 Å². The van der Waals surface area contributed by atoms with Gasteiger partial charge < -0.3 is 9.80 Å². The molecule has 22 heavy (non-hydrogen) atoms. The number of likely N-dealkylation sites (N-methyl/N-ethyl adjacent to an activating group) is 1. The lowest BCUT2D eigenvalue weighted by molar-refractivity contribution is 0.153. The fourth-order valence-electron chi connectivity index (χ4n) is 3.20. The Morgan fingerprint density at radius 3 is 2.27 bits per heavy atom. The van der Waals surface area contributed by atoms with Crippen molar-refractivity contribution < 1.29 is 0 Å². The number of aryl methyl sites for hydroxylation is 1. The highest BCUT2D eigenvalue weighted by Crippen LogP contribution is 2.24. The lowest BCUT2D eigenvalue weighted by Gasteiger charge is -2.32. The summed E-state index contributed by atoms with van der Waals surface area (Å²) in [5, 5.41) is 0. The molecule has 0 atom stereocenters. The first-order valence-corrected chi connectivity index (χ1v) is 8.37. The molecule has 0 spiro atoms. The molecule has 3 rings (SSSR count). The Kier molecular flexibility index (Phi) is 5.25. The summed E-state index contributed by atoms with van der Waals surface area (Å²) in [6, 6.07) is 19.6. The SMILES string of the molecule is CN1CCN(CCCc2ccccc2-c2ccccc2)CC1. The lowest BCUT2D eigenvalue weighted by Crippen LogP contribution is -2.44. The minimum atomic E-state index is 1.16. The molecule has 1 saturated heterocycles. The lowest BCUT2D eigenvalue weighted by atomic mass is 9.97. The molecule has 116 valence electrons. The zero-order valence-electron chi connectivity index (χ0n) is 13.5. The van der Waals surface area contributed by atoms with Crippen molar-refractivity contribution in [3.8, 4) is 11.1 Å². The van der Waals surface area contributed by atoms with Crippen LogP contribution in [0.1, 0.15) is 12.0 Å². The number of hydrogen-bond donors (Lipinski definition) is 0. The zero-order valence-corrected chi connectivity index (χ0v) is 13.5. The third kappa shape index (κ3) is 3.96. The van der Waals surface area contributed by atoms with Gasteiger partial charge in [-0.2, -0.15) is 0 Å². The molecule has 0 aliphatic carbocycles.